The number of anilines is 1. The maximum absolute atomic E-state index is 15.0. The number of likely N-dealkylation sites (tertiary alicyclic amines) is 1. The molecule has 6 rings (SSSR count). The van der Waals surface area contributed by atoms with Crippen molar-refractivity contribution in [3.63, 3.8) is 0 Å². The van der Waals surface area contributed by atoms with E-state index in [0.717, 1.165) is 25.9 Å². The number of hydrogen-bond acceptors (Lipinski definition) is 11. The largest absolute Gasteiger partial charge is 0.497 e. The zero-order chi connectivity index (χ0) is 35.6. The van der Waals surface area contributed by atoms with Crippen LogP contribution in [0.3, 0.4) is 0 Å². The van der Waals surface area contributed by atoms with E-state index in [9.17, 15) is 23.3 Å². The molecule has 3 aliphatic heterocycles. The van der Waals surface area contributed by atoms with Gasteiger partial charge in [0.2, 0.25) is 5.88 Å². The summed E-state index contributed by atoms with van der Waals surface area (Å²) in [6.07, 6.45) is 2.78. The van der Waals surface area contributed by atoms with Crippen LogP contribution in [0.15, 0.2) is 65.7 Å². The van der Waals surface area contributed by atoms with Crippen molar-refractivity contribution in [2.24, 2.45) is 0 Å². The third kappa shape index (κ3) is 6.25. The summed E-state index contributed by atoms with van der Waals surface area (Å²) in [7, 11) is -3.11. The number of nitriles is 1. The highest BCUT2D eigenvalue weighted by molar-refractivity contribution is 7.93. The zero-order valence-electron chi connectivity index (χ0n) is 28.7. The molecule has 3 aliphatic rings. The molecule has 2 amide bonds. The van der Waals surface area contributed by atoms with E-state index in [1.54, 1.807) is 17.9 Å². The lowest BCUT2D eigenvalue weighted by molar-refractivity contribution is -0.132. The van der Waals surface area contributed by atoms with Crippen molar-refractivity contribution < 1.29 is 32.2 Å². The second-order valence-electron chi connectivity index (χ2n) is 12.8. The molecule has 0 radical (unpaired) electrons. The molecular weight excluding hydrogens is 660 g/mol. The van der Waals surface area contributed by atoms with Crippen LogP contribution in [0.2, 0.25) is 0 Å². The van der Waals surface area contributed by atoms with Crippen molar-refractivity contribution in [3.05, 3.63) is 77.5 Å². The molecule has 3 aromatic rings. The lowest BCUT2D eigenvalue weighted by Crippen LogP contribution is -2.56. The number of sulfonamides is 1. The molecule has 0 N–H and O–H groups in total. The number of pyridine rings is 1. The van der Waals surface area contributed by atoms with Crippen LogP contribution in [-0.2, 0) is 25.2 Å². The van der Waals surface area contributed by atoms with Gasteiger partial charge in [-0.25, -0.2) is 18.2 Å². The number of nitrogens with zero attached hydrogens (tertiary/aromatic N) is 6. The van der Waals surface area contributed by atoms with Crippen molar-refractivity contribution in [3.8, 4) is 17.7 Å². The maximum Gasteiger partial charge on any atom is 0.411 e. The van der Waals surface area contributed by atoms with E-state index in [1.807, 2.05) is 0 Å². The molecule has 2 fully saturated rings. The minimum absolute atomic E-state index is 0.00860. The van der Waals surface area contributed by atoms with Crippen molar-refractivity contribution in [2.75, 3.05) is 57.3 Å². The number of hydrogen-bond donors (Lipinski definition) is 0. The van der Waals surface area contributed by atoms with Crippen molar-refractivity contribution in [2.45, 2.75) is 56.2 Å². The molecule has 4 heterocycles. The Hall–Kier alpha value is -4.71. The van der Waals surface area contributed by atoms with E-state index < -0.39 is 27.6 Å². The highest BCUT2D eigenvalue weighted by Gasteiger charge is 2.61. The summed E-state index contributed by atoms with van der Waals surface area (Å²) in [5, 5.41) is 9.89. The van der Waals surface area contributed by atoms with Crippen LogP contribution in [0.25, 0.3) is 0 Å². The smallest absolute Gasteiger partial charge is 0.411 e. The van der Waals surface area contributed by atoms with Crippen LogP contribution in [0.4, 0.5) is 10.5 Å². The summed E-state index contributed by atoms with van der Waals surface area (Å²) in [4.78, 5) is 39.8. The highest BCUT2D eigenvalue weighted by atomic mass is 32.2. The molecule has 14 heteroatoms. The molecule has 13 nitrogen and oxygen atoms in total. The molecule has 2 aromatic carbocycles. The van der Waals surface area contributed by atoms with Gasteiger partial charge in [-0.05, 0) is 101 Å². The van der Waals surface area contributed by atoms with E-state index in [2.05, 4.69) is 34.7 Å². The predicted molar refractivity (Wildman–Crippen MR) is 184 cm³/mol. The number of piperidine rings is 1. The summed E-state index contributed by atoms with van der Waals surface area (Å²) in [6.45, 7) is 10.4. The third-order valence-electron chi connectivity index (χ3n) is 9.80. The van der Waals surface area contributed by atoms with Crippen LogP contribution in [-0.4, -0.2) is 105 Å². The SMILES string of the molecule is CCOc1ncccc1C1(OC(=O)N2CCN(C3CCN(C(C)C)CC3)CC2)C(=O)N(S(=O)(=O)c2ccc(OC)cc2)c2ccc(C#N)cc21. The van der Waals surface area contributed by atoms with Gasteiger partial charge in [0.25, 0.3) is 21.5 Å². The number of benzene rings is 2. The lowest BCUT2D eigenvalue weighted by Gasteiger charge is -2.43. The summed E-state index contributed by atoms with van der Waals surface area (Å²) >= 11 is 0. The molecule has 0 aliphatic carbocycles. The molecule has 1 atom stereocenters. The van der Waals surface area contributed by atoms with Crippen LogP contribution in [0.5, 0.6) is 11.6 Å². The van der Waals surface area contributed by atoms with Gasteiger partial charge in [-0.15, -0.1) is 0 Å². The molecule has 0 bridgehead atoms. The summed E-state index contributed by atoms with van der Waals surface area (Å²) < 4.78 is 46.6. The first-order valence-corrected chi connectivity index (χ1v) is 18.3. The first kappa shape index (κ1) is 35.1. The fraction of sp³-hybridized carbons (Fsp3) is 0.444. The Bertz CT molecular complexity index is 1880. The molecule has 264 valence electrons. The summed E-state index contributed by atoms with van der Waals surface area (Å²) in [6, 6.07) is 15.9. The van der Waals surface area contributed by atoms with Crippen molar-refractivity contribution >= 4 is 27.7 Å². The highest BCUT2D eigenvalue weighted by Crippen LogP contribution is 2.51. The normalized spacial score (nSPS) is 20.4. The third-order valence-corrected chi connectivity index (χ3v) is 11.5. The number of amides is 2. The van der Waals surface area contributed by atoms with Gasteiger partial charge in [0, 0.05) is 50.0 Å². The first-order valence-electron chi connectivity index (χ1n) is 16.9. The van der Waals surface area contributed by atoms with Gasteiger partial charge in [0.05, 0.1) is 41.5 Å². The number of rotatable bonds is 9. The second kappa shape index (κ2) is 14.3. The molecule has 0 saturated carbocycles. The predicted octanol–water partition coefficient (Wildman–Crippen LogP) is 3.97. The van der Waals surface area contributed by atoms with Gasteiger partial charge < -0.3 is 24.0 Å². The van der Waals surface area contributed by atoms with Crippen LogP contribution >= 0.6 is 0 Å². The van der Waals surface area contributed by atoms with E-state index in [-0.39, 0.29) is 39.8 Å². The fourth-order valence-electron chi connectivity index (χ4n) is 7.08. The number of piperazine rings is 1. The number of aromatic nitrogens is 1. The molecule has 50 heavy (non-hydrogen) atoms. The average Bonchev–Trinajstić information content (AvgIpc) is 3.39. The van der Waals surface area contributed by atoms with Crippen molar-refractivity contribution in [1.82, 2.24) is 19.7 Å². The fourth-order valence-corrected chi connectivity index (χ4v) is 8.54. The van der Waals surface area contributed by atoms with Gasteiger partial charge in [-0.2, -0.15) is 9.57 Å². The minimum atomic E-state index is -4.57. The quantitative estimate of drug-likeness (QED) is 0.319. The topological polar surface area (TPSA) is 146 Å². The van der Waals surface area contributed by atoms with E-state index >= 15 is 0 Å². The van der Waals surface area contributed by atoms with Gasteiger partial charge in [-0.1, -0.05) is 0 Å². The minimum Gasteiger partial charge on any atom is -0.497 e. The second-order valence-corrected chi connectivity index (χ2v) is 14.6. The van der Waals surface area contributed by atoms with Crippen LogP contribution < -0.4 is 13.8 Å². The Morgan fingerprint density at radius 2 is 1.72 bits per heavy atom. The molecule has 1 aromatic heterocycles. The average molecular weight is 703 g/mol. The number of fused-ring (bicyclic) bond motifs is 1. The summed E-state index contributed by atoms with van der Waals surface area (Å²) in [5.74, 6) is -0.640. The number of carbonyl (C=O) groups excluding carboxylic acids is 2. The van der Waals surface area contributed by atoms with E-state index in [4.69, 9.17) is 14.2 Å². The Kier molecular flexibility index (Phi) is 10.0. The standard InChI is InChI=1S/C36H42N6O7S/c1-5-48-33-30(7-6-16-38-33)36(49-35(44)41-21-19-40(20-22-41)27-14-17-39(18-15-27)25(2)3)31-23-26(24-37)8-13-32(31)42(34(36)43)50(45,46)29-11-9-28(47-4)10-12-29/h6-13,16,23,25,27H,5,14-15,17-22H2,1-4H3. The first-order chi connectivity index (χ1) is 24.0. The van der Waals surface area contributed by atoms with Gasteiger partial charge >= 0.3 is 6.09 Å². The van der Waals surface area contributed by atoms with Crippen molar-refractivity contribution in [1.29, 1.82) is 5.26 Å². The number of carbonyl (C=O) groups is 2. The van der Waals surface area contributed by atoms with Crippen LogP contribution in [0, 0.1) is 11.3 Å². The Morgan fingerprint density at radius 3 is 2.34 bits per heavy atom. The van der Waals surface area contributed by atoms with E-state index in [0.29, 0.717) is 48.3 Å². The Labute approximate surface area is 293 Å². The number of ether oxygens (including phenoxy) is 3. The molecular formula is C36H42N6O7S. The maximum atomic E-state index is 15.0. The monoisotopic (exact) mass is 702 g/mol. The zero-order valence-corrected chi connectivity index (χ0v) is 29.6. The molecule has 2 saturated heterocycles. The summed E-state index contributed by atoms with van der Waals surface area (Å²) in [5.41, 5.74) is -2.21. The Morgan fingerprint density at radius 1 is 1.02 bits per heavy atom. The van der Waals surface area contributed by atoms with Gasteiger partial charge in [0.1, 0.15) is 5.75 Å². The van der Waals surface area contributed by atoms with E-state index in [1.165, 1.54) is 61.8 Å². The Balaban J connectivity index is 1.38. The number of methoxy groups -OCH3 is 1. The van der Waals surface area contributed by atoms with Crippen LogP contribution in [0.1, 0.15) is 50.3 Å². The lowest BCUT2D eigenvalue weighted by atomic mass is 9.87. The van der Waals surface area contributed by atoms with Gasteiger partial charge in [-0.3, -0.25) is 9.69 Å². The molecule has 1 unspecified atom stereocenters. The molecule has 0 spiro atoms. The van der Waals surface area contributed by atoms with Gasteiger partial charge in [0.15, 0.2) is 0 Å².